The number of nitrogens with one attached hydrogen (secondary N) is 2. The Kier molecular flexibility index (Phi) is 4.61. The molecule has 0 atom stereocenters. The summed E-state index contributed by atoms with van der Waals surface area (Å²) < 4.78 is 13.7. The van der Waals surface area contributed by atoms with Gasteiger partial charge >= 0.3 is 0 Å². The van der Waals surface area contributed by atoms with Crippen molar-refractivity contribution in [2.24, 2.45) is 5.92 Å². The fourth-order valence-corrected chi connectivity index (χ4v) is 2.95. The highest BCUT2D eigenvalue weighted by molar-refractivity contribution is 5.91. The third-order valence-electron chi connectivity index (χ3n) is 4.52. The van der Waals surface area contributed by atoms with Gasteiger partial charge in [-0.25, -0.2) is 4.39 Å². The molecule has 6 heteroatoms. The number of hydrogen-bond acceptors (Lipinski definition) is 2. The fraction of sp³-hybridized carbons (Fsp3) is 0.529. The largest absolute Gasteiger partial charge is 0.331 e. The Bertz CT molecular complexity index is 608. The molecular weight excluding hydrogens is 297 g/mol. The fourth-order valence-electron chi connectivity index (χ4n) is 2.95. The molecule has 0 radical (unpaired) electrons. The summed E-state index contributed by atoms with van der Waals surface area (Å²) in [4.78, 5) is 27.1. The molecule has 5 nitrogen and oxygen atoms in total. The molecule has 3 rings (SSSR count). The molecule has 1 aromatic carbocycles. The van der Waals surface area contributed by atoms with Gasteiger partial charge in [0.25, 0.3) is 5.91 Å². The zero-order chi connectivity index (χ0) is 16.4. The van der Waals surface area contributed by atoms with Crippen LogP contribution >= 0.6 is 0 Å². The summed E-state index contributed by atoms with van der Waals surface area (Å²) in [5.74, 6) is -0.0717. The molecular formula is C17H23FN3O2+. The zero-order valence-electron chi connectivity index (χ0n) is 13.4. The number of carbonyl (C=O) groups is 2. The number of nitrogens with zero attached hydrogens (tertiary/aromatic N) is 1. The average molecular weight is 320 g/mol. The van der Waals surface area contributed by atoms with Crippen LogP contribution in [-0.4, -0.2) is 49.4 Å². The van der Waals surface area contributed by atoms with Crippen LogP contribution in [0.1, 0.15) is 18.4 Å². The summed E-state index contributed by atoms with van der Waals surface area (Å²) in [5, 5.41) is 2.63. The van der Waals surface area contributed by atoms with E-state index in [-0.39, 0.29) is 23.4 Å². The van der Waals surface area contributed by atoms with Crippen LogP contribution in [0.3, 0.4) is 0 Å². The number of quaternary nitrogens is 1. The highest BCUT2D eigenvalue weighted by atomic mass is 19.1. The van der Waals surface area contributed by atoms with E-state index in [9.17, 15) is 14.0 Å². The van der Waals surface area contributed by atoms with Crippen LogP contribution < -0.4 is 10.2 Å². The lowest BCUT2D eigenvalue weighted by atomic mass is 10.2. The molecule has 1 aliphatic heterocycles. The Morgan fingerprint density at radius 2 is 2.00 bits per heavy atom. The highest BCUT2D eigenvalue weighted by Crippen LogP contribution is 2.30. The van der Waals surface area contributed by atoms with Gasteiger partial charge in [0.2, 0.25) is 5.91 Å². The summed E-state index contributed by atoms with van der Waals surface area (Å²) in [6.45, 7) is 5.05. The first kappa shape index (κ1) is 15.9. The first-order valence-electron chi connectivity index (χ1n) is 8.21. The van der Waals surface area contributed by atoms with Crippen molar-refractivity contribution in [3.05, 3.63) is 29.6 Å². The van der Waals surface area contributed by atoms with Gasteiger partial charge in [-0.05, 0) is 37.5 Å². The number of hydrogen-bond donors (Lipinski definition) is 2. The quantitative estimate of drug-likeness (QED) is 0.833. The van der Waals surface area contributed by atoms with Crippen molar-refractivity contribution in [2.75, 3.05) is 38.0 Å². The Balaban J connectivity index is 1.46. The van der Waals surface area contributed by atoms with E-state index in [4.69, 9.17) is 0 Å². The third-order valence-corrected chi connectivity index (χ3v) is 4.52. The first-order valence-corrected chi connectivity index (χ1v) is 8.21. The van der Waals surface area contributed by atoms with Gasteiger partial charge < -0.3 is 15.1 Å². The lowest BCUT2D eigenvalue weighted by molar-refractivity contribution is -0.895. The molecule has 0 unspecified atom stereocenters. The van der Waals surface area contributed by atoms with Crippen LogP contribution in [0.2, 0.25) is 0 Å². The molecule has 2 aliphatic rings. The normalized spacial score (nSPS) is 18.8. The van der Waals surface area contributed by atoms with Gasteiger partial charge in [-0.15, -0.1) is 0 Å². The number of aryl methyl sites for hydroxylation is 1. The Morgan fingerprint density at radius 1 is 1.30 bits per heavy atom. The van der Waals surface area contributed by atoms with E-state index in [1.165, 1.54) is 6.07 Å². The average Bonchev–Trinajstić information content (AvgIpc) is 3.35. The number of halogens is 1. The molecule has 1 aliphatic carbocycles. The summed E-state index contributed by atoms with van der Waals surface area (Å²) in [6.07, 6.45) is 2.05. The lowest BCUT2D eigenvalue weighted by Gasteiger charge is -2.32. The number of piperazine rings is 1. The van der Waals surface area contributed by atoms with Gasteiger partial charge in [0.05, 0.1) is 31.9 Å². The number of carbonyl (C=O) groups excluding carboxylic acids is 2. The predicted octanol–water partition coefficient (Wildman–Crippen LogP) is 0.210. The Hall–Kier alpha value is -1.95. The van der Waals surface area contributed by atoms with E-state index >= 15 is 0 Å². The van der Waals surface area contributed by atoms with E-state index in [2.05, 4.69) is 5.32 Å². The molecule has 2 N–H and O–H groups in total. The van der Waals surface area contributed by atoms with Crippen molar-refractivity contribution in [1.82, 2.24) is 4.90 Å². The zero-order valence-corrected chi connectivity index (χ0v) is 13.4. The Labute approximate surface area is 135 Å². The SMILES string of the molecule is Cc1ccc(NC(=O)C[NH+]2CCN(C(=O)C3CC3)CC2)c(F)c1. The molecule has 1 saturated heterocycles. The van der Waals surface area contributed by atoms with Gasteiger partial charge in [-0.3, -0.25) is 9.59 Å². The standard InChI is InChI=1S/C17H22FN3O2/c1-12-2-5-15(14(18)10-12)19-16(22)11-20-6-8-21(9-7-20)17(23)13-3-4-13/h2,5,10,13H,3-4,6-9,11H2,1H3,(H,19,22)/p+1. The molecule has 0 bridgehead atoms. The minimum absolute atomic E-state index is 0.190. The van der Waals surface area contributed by atoms with Crippen LogP contribution in [0.15, 0.2) is 18.2 Å². The van der Waals surface area contributed by atoms with Crippen LogP contribution in [0.25, 0.3) is 0 Å². The second-order valence-corrected chi connectivity index (χ2v) is 6.56. The van der Waals surface area contributed by atoms with Crippen molar-refractivity contribution in [3.8, 4) is 0 Å². The number of rotatable bonds is 4. The number of anilines is 1. The molecule has 2 amide bonds. The van der Waals surface area contributed by atoms with Gasteiger partial charge in [-0.2, -0.15) is 0 Å². The molecule has 124 valence electrons. The smallest absolute Gasteiger partial charge is 0.279 e. The van der Waals surface area contributed by atoms with E-state index in [1.807, 2.05) is 4.90 Å². The minimum Gasteiger partial charge on any atom is -0.331 e. The molecule has 1 aromatic rings. The summed E-state index contributed by atoms with van der Waals surface area (Å²) >= 11 is 0. The van der Waals surface area contributed by atoms with Crippen LogP contribution in [-0.2, 0) is 9.59 Å². The van der Waals surface area contributed by atoms with Crippen LogP contribution in [0.5, 0.6) is 0 Å². The van der Waals surface area contributed by atoms with E-state index in [0.29, 0.717) is 19.6 Å². The number of amides is 2. The topological polar surface area (TPSA) is 53.9 Å². The third kappa shape index (κ3) is 4.07. The summed E-state index contributed by atoms with van der Waals surface area (Å²) in [6, 6.07) is 4.77. The Morgan fingerprint density at radius 3 is 2.61 bits per heavy atom. The van der Waals surface area contributed by atoms with E-state index < -0.39 is 5.82 Å². The molecule has 2 fully saturated rings. The summed E-state index contributed by atoms with van der Waals surface area (Å²) in [7, 11) is 0. The first-order chi connectivity index (χ1) is 11.0. The molecule has 1 saturated carbocycles. The van der Waals surface area contributed by atoms with Crippen molar-refractivity contribution in [3.63, 3.8) is 0 Å². The predicted molar refractivity (Wildman–Crippen MR) is 84.6 cm³/mol. The molecule has 1 heterocycles. The van der Waals surface area contributed by atoms with Crippen LogP contribution in [0, 0.1) is 18.7 Å². The van der Waals surface area contributed by atoms with Crippen molar-refractivity contribution in [1.29, 1.82) is 0 Å². The summed E-state index contributed by atoms with van der Waals surface area (Å²) in [5.41, 5.74) is 1.05. The van der Waals surface area contributed by atoms with E-state index in [1.54, 1.807) is 19.1 Å². The maximum Gasteiger partial charge on any atom is 0.279 e. The lowest BCUT2D eigenvalue weighted by Crippen LogP contribution is -3.15. The second-order valence-electron chi connectivity index (χ2n) is 6.56. The second kappa shape index (κ2) is 6.66. The molecule has 0 spiro atoms. The van der Waals surface area contributed by atoms with Gasteiger partial charge in [-0.1, -0.05) is 6.07 Å². The molecule has 23 heavy (non-hydrogen) atoms. The van der Waals surface area contributed by atoms with Gasteiger partial charge in [0.1, 0.15) is 5.82 Å². The molecule has 0 aromatic heterocycles. The van der Waals surface area contributed by atoms with Crippen molar-refractivity contribution in [2.45, 2.75) is 19.8 Å². The maximum absolute atomic E-state index is 13.7. The van der Waals surface area contributed by atoms with Gasteiger partial charge in [0.15, 0.2) is 6.54 Å². The van der Waals surface area contributed by atoms with Gasteiger partial charge in [0, 0.05) is 5.92 Å². The van der Waals surface area contributed by atoms with Crippen LogP contribution in [0.4, 0.5) is 10.1 Å². The van der Waals surface area contributed by atoms with E-state index in [0.717, 1.165) is 36.4 Å². The highest BCUT2D eigenvalue weighted by Gasteiger charge is 2.35. The monoisotopic (exact) mass is 320 g/mol. The van der Waals surface area contributed by atoms with Crippen molar-refractivity contribution >= 4 is 17.5 Å². The van der Waals surface area contributed by atoms with Crippen molar-refractivity contribution < 1.29 is 18.9 Å². The number of benzene rings is 1. The maximum atomic E-state index is 13.7. The minimum atomic E-state index is -0.409.